The zero-order valence-corrected chi connectivity index (χ0v) is 19.1. The molecular weight excluding hydrogens is 455 g/mol. The molecule has 3 N–H and O–H groups in total. The Balaban J connectivity index is 0.00000136. The largest absolute Gasteiger partial charge is 0.381 e. The van der Waals surface area contributed by atoms with Crippen LogP contribution in [0.25, 0.3) is 21.7 Å². The Morgan fingerprint density at radius 2 is 1.77 bits per heavy atom. The van der Waals surface area contributed by atoms with Crippen molar-refractivity contribution in [2.75, 3.05) is 18.4 Å². The van der Waals surface area contributed by atoms with Crippen LogP contribution in [-0.4, -0.2) is 37.7 Å². The average Bonchev–Trinajstić information content (AvgIpc) is 3.18. The van der Waals surface area contributed by atoms with Gasteiger partial charge in [-0.2, -0.15) is 5.10 Å². The first-order valence-electron chi connectivity index (χ1n) is 9.81. The van der Waals surface area contributed by atoms with Crippen molar-refractivity contribution in [2.45, 2.75) is 28.8 Å². The summed E-state index contributed by atoms with van der Waals surface area (Å²) in [5.41, 5.74) is 1.59. The van der Waals surface area contributed by atoms with Gasteiger partial charge in [0.05, 0.1) is 10.4 Å². The summed E-state index contributed by atoms with van der Waals surface area (Å²) >= 11 is 0. The van der Waals surface area contributed by atoms with E-state index in [1.54, 1.807) is 12.1 Å². The Morgan fingerprint density at radius 1 is 0.968 bits per heavy atom. The molecule has 164 valence electrons. The summed E-state index contributed by atoms with van der Waals surface area (Å²) < 4.78 is 26.9. The van der Waals surface area contributed by atoms with Gasteiger partial charge < -0.3 is 10.6 Å². The first kappa shape index (κ1) is 23.3. The lowest BCUT2D eigenvalue weighted by atomic mass is 10.1. The minimum absolute atomic E-state index is 0. The number of nitrogens with zero attached hydrogens (tertiary/aromatic N) is 1. The molecule has 1 atom stereocenters. The number of sulfone groups is 1. The molecular formula is C22H24Cl2N4O2S. The number of anilines is 1. The molecule has 9 heteroatoms. The van der Waals surface area contributed by atoms with Gasteiger partial charge in [0.2, 0.25) is 9.84 Å². The van der Waals surface area contributed by atoms with Crippen LogP contribution >= 0.6 is 24.8 Å². The molecule has 3 aromatic carbocycles. The number of nitrogens with one attached hydrogen (secondary N) is 3. The quantitative estimate of drug-likeness (QED) is 0.400. The Labute approximate surface area is 193 Å². The van der Waals surface area contributed by atoms with Gasteiger partial charge in [-0.1, -0.05) is 36.4 Å². The van der Waals surface area contributed by atoms with Crippen LogP contribution in [0.15, 0.2) is 70.6 Å². The van der Waals surface area contributed by atoms with Gasteiger partial charge in [-0.3, -0.25) is 5.10 Å². The van der Waals surface area contributed by atoms with E-state index in [2.05, 4.69) is 20.8 Å². The fourth-order valence-electron chi connectivity index (χ4n) is 4.03. The lowest BCUT2D eigenvalue weighted by molar-refractivity contribution is 0.480. The minimum atomic E-state index is -3.74. The van der Waals surface area contributed by atoms with Gasteiger partial charge in [0, 0.05) is 29.0 Å². The van der Waals surface area contributed by atoms with Crippen LogP contribution in [-0.2, 0) is 9.84 Å². The molecule has 1 fully saturated rings. The zero-order valence-electron chi connectivity index (χ0n) is 16.7. The molecule has 0 amide bonds. The van der Waals surface area contributed by atoms with Crippen molar-refractivity contribution in [3.8, 4) is 0 Å². The molecule has 4 aromatic rings. The molecule has 0 bridgehead atoms. The SMILES string of the molecule is Cl.Cl.O=S(=O)(c1cccc2ccccc12)c1[nH]nc2cc(NC3CCCNC3)ccc12. The molecule has 5 rings (SSSR count). The molecule has 6 nitrogen and oxygen atoms in total. The second-order valence-corrected chi connectivity index (χ2v) is 9.31. The van der Waals surface area contributed by atoms with Gasteiger partial charge in [0.1, 0.15) is 0 Å². The summed E-state index contributed by atoms with van der Waals surface area (Å²) in [7, 11) is -3.74. The van der Waals surface area contributed by atoms with E-state index in [9.17, 15) is 8.42 Å². The second kappa shape index (κ2) is 9.44. The Hall–Kier alpha value is -2.32. The first-order valence-corrected chi connectivity index (χ1v) is 11.3. The van der Waals surface area contributed by atoms with Crippen molar-refractivity contribution in [3.63, 3.8) is 0 Å². The highest BCUT2D eigenvalue weighted by Gasteiger charge is 2.25. The van der Waals surface area contributed by atoms with Crippen LogP contribution < -0.4 is 10.6 Å². The second-order valence-electron chi connectivity index (χ2n) is 7.45. The average molecular weight is 479 g/mol. The van der Waals surface area contributed by atoms with E-state index in [1.165, 1.54) is 0 Å². The summed E-state index contributed by atoms with van der Waals surface area (Å²) in [6.45, 7) is 1.99. The molecule has 0 saturated carbocycles. The van der Waals surface area contributed by atoms with E-state index < -0.39 is 9.84 Å². The highest BCUT2D eigenvalue weighted by atomic mass is 35.5. The van der Waals surface area contributed by atoms with E-state index >= 15 is 0 Å². The molecule has 1 aliphatic rings. The van der Waals surface area contributed by atoms with Crippen molar-refractivity contribution in [2.24, 2.45) is 0 Å². The molecule has 1 aliphatic heterocycles. The topological polar surface area (TPSA) is 86.9 Å². The smallest absolute Gasteiger partial charge is 0.224 e. The summed E-state index contributed by atoms with van der Waals surface area (Å²) in [4.78, 5) is 0.289. The van der Waals surface area contributed by atoms with E-state index in [0.717, 1.165) is 37.0 Å². The van der Waals surface area contributed by atoms with Crippen molar-refractivity contribution in [3.05, 3.63) is 60.7 Å². The normalized spacial score (nSPS) is 16.5. The Morgan fingerprint density at radius 3 is 2.58 bits per heavy atom. The molecule has 2 heterocycles. The van der Waals surface area contributed by atoms with Crippen LogP contribution in [0.2, 0.25) is 0 Å². The fourth-order valence-corrected chi connectivity index (χ4v) is 5.61. The monoisotopic (exact) mass is 478 g/mol. The van der Waals surface area contributed by atoms with Gasteiger partial charge in [0.15, 0.2) is 5.03 Å². The van der Waals surface area contributed by atoms with E-state index in [1.807, 2.05) is 48.5 Å². The standard InChI is InChI=1S/C22H22N4O2S.2ClH/c27-29(28,21-9-3-6-15-5-1-2-8-18(15)21)22-19-11-10-16(13-20(19)25-26-22)24-17-7-4-12-23-14-17;;/h1-3,5-6,8-11,13,17,23-24H,4,7,12,14H2,(H,25,26);2*1H. The van der Waals surface area contributed by atoms with E-state index in [4.69, 9.17) is 0 Å². The molecule has 1 unspecified atom stereocenters. The van der Waals surface area contributed by atoms with Crippen LogP contribution in [0, 0.1) is 0 Å². The van der Waals surface area contributed by atoms with Crippen LogP contribution in [0.3, 0.4) is 0 Å². The predicted octanol–water partition coefficient (Wildman–Crippen LogP) is 4.56. The highest BCUT2D eigenvalue weighted by molar-refractivity contribution is 7.91. The molecule has 1 saturated heterocycles. The third-order valence-electron chi connectivity index (χ3n) is 5.50. The first-order chi connectivity index (χ1) is 14.1. The highest BCUT2D eigenvalue weighted by Crippen LogP contribution is 2.32. The number of hydrogen-bond donors (Lipinski definition) is 3. The van der Waals surface area contributed by atoms with Crippen molar-refractivity contribution < 1.29 is 8.42 Å². The maximum Gasteiger partial charge on any atom is 0.224 e. The summed E-state index contributed by atoms with van der Waals surface area (Å²) in [5, 5.41) is 16.3. The van der Waals surface area contributed by atoms with E-state index in [-0.39, 0.29) is 34.7 Å². The minimum Gasteiger partial charge on any atom is -0.381 e. The predicted molar refractivity (Wildman–Crippen MR) is 130 cm³/mol. The van der Waals surface area contributed by atoms with Crippen LogP contribution in [0.4, 0.5) is 5.69 Å². The number of H-pyrrole nitrogens is 1. The number of aromatic nitrogens is 2. The Kier molecular flexibility index (Phi) is 7.11. The van der Waals surface area contributed by atoms with Crippen molar-refractivity contribution in [1.82, 2.24) is 15.5 Å². The fraction of sp³-hybridized carbons (Fsp3) is 0.227. The van der Waals surface area contributed by atoms with Crippen LogP contribution in [0.1, 0.15) is 12.8 Å². The molecule has 0 aliphatic carbocycles. The molecule has 1 aromatic heterocycles. The molecule has 0 radical (unpaired) electrons. The number of rotatable bonds is 4. The summed E-state index contributed by atoms with van der Waals surface area (Å²) in [5.74, 6) is 0. The third-order valence-corrected chi connectivity index (χ3v) is 7.28. The maximum absolute atomic E-state index is 13.4. The number of hydrogen-bond acceptors (Lipinski definition) is 5. The number of fused-ring (bicyclic) bond motifs is 2. The summed E-state index contributed by atoms with van der Waals surface area (Å²) in [6.07, 6.45) is 2.27. The lowest BCUT2D eigenvalue weighted by Crippen LogP contribution is -2.38. The van der Waals surface area contributed by atoms with Crippen LogP contribution in [0.5, 0.6) is 0 Å². The number of benzene rings is 3. The third kappa shape index (κ3) is 4.36. The maximum atomic E-state index is 13.4. The van der Waals surface area contributed by atoms with E-state index in [0.29, 0.717) is 22.3 Å². The van der Waals surface area contributed by atoms with Crippen molar-refractivity contribution in [1.29, 1.82) is 0 Å². The van der Waals surface area contributed by atoms with Gasteiger partial charge in [-0.25, -0.2) is 8.42 Å². The molecule has 0 spiro atoms. The Bertz CT molecular complexity index is 1300. The van der Waals surface area contributed by atoms with Gasteiger partial charge >= 0.3 is 0 Å². The molecule has 31 heavy (non-hydrogen) atoms. The zero-order chi connectivity index (χ0) is 19.8. The lowest BCUT2D eigenvalue weighted by Gasteiger charge is -2.24. The summed E-state index contributed by atoms with van der Waals surface area (Å²) in [6, 6.07) is 18.9. The number of halogens is 2. The number of aromatic amines is 1. The van der Waals surface area contributed by atoms with Gasteiger partial charge in [-0.05, 0) is 49.0 Å². The van der Waals surface area contributed by atoms with Gasteiger partial charge in [-0.15, -0.1) is 24.8 Å². The number of piperidine rings is 1. The van der Waals surface area contributed by atoms with Crippen molar-refractivity contribution >= 4 is 62.0 Å². The van der Waals surface area contributed by atoms with Gasteiger partial charge in [0.25, 0.3) is 0 Å².